The SMILES string of the molecule is CCCCCCCCB(OC1CCCCC1)OC1CCCCC1. The lowest BCUT2D eigenvalue weighted by Gasteiger charge is -2.30. The lowest BCUT2D eigenvalue weighted by molar-refractivity contribution is 0.0654. The summed E-state index contributed by atoms with van der Waals surface area (Å²) in [7, 11) is 0.0763. The molecule has 2 aliphatic carbocycles. The molecule has 0 aromatic heterocycles. The van der Waals surface area contributed by atoms with Crippen molar-refractivity contribution < 1.29 is 9.31 Å². The standard InChI is InChI=1S/C20H39BO2/c1-2-3-4-5-6-13-18-21(22-19-14-9-7-10-15-19)23-20-16-11-8-12-17-20/h19-20H,2-18H2,1H3. The maximum absolute atomic E-state index is 6.40. The Bertz CT molecular complexity index is 253. The maximum atomic E-state index is 6.40. The predicted molar refractivity (Wildman–Crippen MR) is 99.9 cm³/mol. The van der Waals surface area contributed by atoms with Crippen LogP contribution in [0.1, 0.15) is 110 Å². The highest BCUT2D eigenvalue weighted by Crippen LogP contribution is 2.26. The molecule has 0 amide bonds. The van der Waals surface area contributed by atoms with Crippen molar-refractivity contribution in [3.05, 3.63) is 0 Å². The van der Waals surface area contributed by atoms with Crippen molar-refractivity contribution in [2.45, 2.75) is 128 Å². The fourth-order valence-electron chi connectivity index (χ4n) is 4.09. The monoisotopic (exact) mass is 322 g/mol. The summed E-state index contributed by atoms with van der Waals surface area (Å²) in [5.41, 5.74) is 0. The van der Waals surface area contributed by atoms with Crippen LogP contribution in [0.15, 0.2) is 0 Å². The van der Waals surface area contributed by atoms with Crippen molar-refractivity contribution in [2.75, 3.05) is 0 Å². The molecule has 0 unspecified atom stereocenters. The van der Waals surface area contributed by atoms with E-state index in [0.717, 1.165) is 6.32 Å². The zero-order valence-electron chi connectivity index (χ0n) is 15.6. The Morgan fingerprint density at radius 2 is 1.13 bits per heavy atom. The van der Waals surface area contributed by atoms with E-state index >= 15 is 0 Å². The third-order valence-electron chi connectivity index (χ3n) is 5.59. The molecule has 3 heteroatoms. The van der Waals surface area contributed by atoms with Gasteiger partial charge in [-0.2, -0.15) is 0 Å². The molecule has 0 heterocycles. The van der Waals surface area contributed by atoms with Gasteiger partial charge in [0.05, 0.1) is 0 Å². The summed E-state index contributed by atoms with van der Waals surface area (Å²) >= 11 is 0. The molecule has 23 heavy (non-hydrogen) atoms. The number of hydrogen-bond donors (Lipinski definition) is 0. The highest BCUT2D eigenvalue weighted by molar-refractivity contribution is 6.44. The smallest absolute Gasteiger partial charge is 0.408 e. The van der Waals surface area contributed by atoms with Gasteiger partial charge in [0.25, 0.3) is 0 Å². The summed E-state index contributed by atoms with van der Waals surface area (Å²) in [6, 6.07) is 0. The van der Waals surface area contributed by atoms with Crippen molar-refractivity contribution in [3.63, 3.8) is 0 Å². The third-order valence-corrected chi connectivity index (χ3v) is 5.59. The lowest BCUT2D eigenvalue weighted by atomic mass is 9.79. The Hall–Kier alpha value is -0.0151. The number of rotatable bonds is 11. The molecular weight excluding hydrogens is 283 g/mol. The predicted octanol–water partition coefficient (Wildman–Crippen LogP) is 6.53. The molecular formula is C20H39BO2. The fraction of sp³-hybridized carbons (Fsp3) is 1.00. The first-order valence-corrected chi connectivity index (χ1v) is 10.7. The van der Waals surface area contributed by atoms with Crippen molar-refractivity contribution in [3.8, 4) is 0 Å². The van der Waals surface area contributed by atoms with E-state index in [-0.39, 0.29) is 7.12 Å². The van der Waals surface area contributed by atoms with Gasteiger partial charge >= 0.3 is 7.12 Å². The van der Waals surface area contributed by atoms with Crippen LogP contribution in [-0.2, 0) is 9.31 Å². The van der Waals surface area contributed by atoms with Gasteiger partial charge in [0.1, 0.15) is 0 Å². The van der Waals surface area contributed by atoms with E-state index in [4.69, 9.17) is 9.31 Å². The van der Waals surface area contributed by atoms with Crippen LogP contribution in [-0.4, -0.2) is 19.3 Å². The summed E-state index contributed by atoms with van der Waals surface area (Å²) in [4.78, 5) is 0. The van der Waals surface area contributed by atoms with Crippen molar-refractivity contribution in [2.24, 2.45) is 0 Å². The number of unbranched alkanes of at least 4 members (excludes halogenated alkanes) is 5. The van der Waals surface area contributed by atoms with Crippen LogP contribution in [0.3, 0.4) is 0 Å². The van der Waals surface area contributed by atoms with Gasteiger partial charge in [0.15, 0.2) is 0 Å². The molecule has 0 aliphatic heterocycles. The van der Waals surface area contributed by atoms with Gasteiger partial charge in [0, 0.05) is 12.2 Å². The average molecular weight is 322 g/mol. The van der Waals surface area contributed by atoms with E-state index in [1.54, 1.807) is 0 Å². The fourth-order valence-corrected chi connectivity index (χ4v) is 4.09. The molecule has 2 nitrogen and oxygen atoms in total. The quantitative estimate of drug-likeness (QED) is 0.318. The first kappa shape index (κ1) is 19.3. The van der Waals surface area contributed by atoms with Crippen molar-refractivity contribution in [1.29, 1.82) is 0 Å². The summed E-state index contributed by atoms with van der Waals surface area (Å²) < 4.78 is 12.8. The zero-order valence-corrected chi connectivity index (χ0v) is 15.6. The Morgan fingerprint density at radius 3 is 1.65 bits per heavy atom. The van der Waals surface area contributed by atoms with Gasteiger partial charge in [-0.1, -0.05) is 84.0 Å². The maximum Gasteiger partial charge on any atom is 0.457 e. The molecule has 134 valence electrons. The summed E-state index contributed by atoms with van der Waals surface area (Å²) in [6.07, 6.45) is 23.3. The van der Waals surface area contributed by atoms with Gasteiger partial charge in [-0.3, -0.25) is 0 Å². The molecule has 2 rings (SSSR count). The number of hydrogen-bond acceptors (Lipinski definition) is 2. The normalized spacial score (nSPS) is 20.7. The van der Waals surface area contributed by atoms with E-state index in [1.807, 2.05) is 0 Å². The second-order valence-electron chi connectivity index (χ2n) is 7.78. The lowest BCUT2D eigenvalue weighted by Crippen LogP contribution is -2.34. The van der Waals surface area contributed by atoms with Crippen molar-refractivity contribution in [1.82, 2.24) is 0 Å². The zero-order chi connectivity index (χ0) is 16.2. The minimum absolute atomic E-state index is 0.0763. The van der Waals surface area contributed by atoms with E-state index in [9.17, 15) is 0 Å². The Kier molecular flexibility index (Phi) is 10.4. The van der Waals surface area contributed by atoms with Gasteiger partial charge < -0.3 is 9.31 Å². The summed E-state index contributed by atoms with van der Waals surface area (Å²) in [5, 5.41) is 0. The molecule has 0 saturated heterocycles. The second-order valence-corrected chi connectivity index (χ2v) is 7.78. The van der Waals surface area contributed by atoms with Crippen molar-refractivity contribution >= 4 is 7.12 Å². The van der Waals surface area contributed by atoms with E-state index in [0.29, 0.717) is 12.2 Å². The highest BCUT2D eigenvalue weighted by atomic mass is 16.6. The molecule has 0 bridgehead atoms. The first-order chi connectivity index (χ1) is 11.4. The van der Waals surface area contributed by atoms with Gasteiger partial charge in [0.2, 0.25) is 0 Å². The summed E-state index contributed by atoms with van der Waals surface area (Å²) in [6.45, 7) is 2.28. The van der Waals surface area contributed by atoms with Crippen LogP contribution < -0.4 is 0 Å². The Balaban J connectivity index is 1.68. The van der Waals surface area contributed by atoms with Gasteiger partial charge in [-0.05, 0) is 32.0 Å². The molecule has 2 fully saturated rings. The van der Waals surface area contributed by atoms with Crippen LogP contribution in [0.25, 0.3) is 0 Å². The molecule has 0 atom stereocenters. The van der Waals surface area contributed by atoms with Crippen LogP contribution in [0.2, 0.25) is 6.32 Å². The molecule has 0 N–H and O–H groups in total. The third kappa shape index (κ3) is 8.58. The summed E-state index contributed by atoms with van der Waals surface area (Å²) in [5.74, 6) is 0. The molecule has 0 spiro atoms. The molecule has 2 saturated carbocycles. The first-order valence-electron chi connectivity index (χ1n) is 10.7. The minimum atomic E-state index is 0.0763. The van der Waals surface area contributed by atoms with Crippen LogP contribution in [0.5, 0.6) is 0 Å². The molecule has 0 aromatic carbocycles. The van der Waals surface area contributed by atoms with E-state index in [1.165, 1.54) is 103 Å². The Labute approximate surface area is 145 Å². The minimum Gasteiger partial charge on any atom is -0.408 e. The van der Waals surface area contributed by atoms with Crippen LogP contribution in [0.4, 0.5) is 0 Å². The van der Waals surface area contributed by atoms with Gasteiger partial charge in [-0.25, -0.2) is 0 Å². The Morgan fingerprint density at radius 1 is 0.652 bits per heavy atom. The van der Waals surface area contributed by atoms with Crippen LogP contribution >= 0.6 is 0 Å². The molecule has 0 aromatic rings. The van der Waals surface area contributed by atoms with Gasteiger partial charge in [-0.15, -0.1) is 0 Å². The average Bonchev–Trinajstić information content (AvgIpc) is 2.60. The topological polar surface area (TPSA) is 18.5 Å². The van der Waals surface area contributed by atoms with E-state index < -0.39 is 0 Å². The van der Waals surface area contributed by atoms with Crippen LogP contribution in [0, 0.1) is 0 Å². The highest BCUT2D eigenvalue weighted by Gasteiger charge is 2.27. The molecule has 2 aliphatic rings. The second kappa shape index (κ2) is 12.4. The largest absolute Gasteiger partial charge is 0.457 e. The van der Waals surface area contributed by atoms with E-state index in [2.05, 4.69) is 6.92 Å². The molecule has 0 radical (unpaired) electrons.